The van der Waals surface area contributed by atoms with Gasteiger partial charge in [0.25, 0.3) is 5.92 Å². The van der Waals surface area contributed by atoms with Crippen LogP contribution >= 0.6 is 0 Å². The lowest BCUT2D eigenvalue weighted by Crippen LogP contribution is -2.60. The highest BCUT2D eigenvalue weighted by atomic mass is 19.3. The van der Waals surface area contributed by atoms with Crippen LogP contribution in [0.5, 0.6) is 0 Å². The molecule has 0 saturated carbocycles. The van der Waals surface area contributed by atoms with Gasteiger partial charge < -0.3 is 9.64 Å². The van der Waals surface area contributed by atoms with Gasteiger partial charge in [-0.1, -0.05) is 0 Å². The summed E-state index contributed by atoms with van der Waals surface area (Å²) in [5.74, 6) is -4.91. The Kier molecular flexibility index (Phi) is 2.49. The first-order chi connectivity index (χ1) is 5.96. The number of carbonyl (C=O) groups is 2. The Bertz CT molecular complexity index is 234. The minimum Gasteiger partial charge on any atom is -0.459 e. The fraction of sp³-hybridized carbons (Fsp3) is 0.714. The molecule has 0 spiro atoms. The summed E-state index contributed by atoms with van der Waals surface area (Å²) >= 11 is 0. The van der Waals surface area contributed by atoms with E-state index in [1.807, 2.05) is 0 Å². The molecule has 0 bridgehead atoms. The smallest absolute Gasteiger partial charge is 0.397 e. The Morgan fingerprint density at radius 1 is 1.46 bits per heavy atom. The molecule has 74 valence electrons. The largest absolute Gasteiger partial charge is 0.459 e. The van der Waals surface area contributed by atoms with Gasteiger partial charge in [0.2, 0.25) is 0 Å². The van der Waals surface area contributed by atoms with Gasteiger partial charge in [0, 0.05) is 0 Å². The molecule has 4 nitrogen and oxygen atoms in total. The van der Waals surface area contributed by atoms with Crippen molar-refractivity contribution in [2.24, 2.45) is 0 Å². The van der Waals surface area contributed by atoms with E-state index >= 15 is 0 Å². The minimum atomic E-state index is -2.85. The second-order valence-corrected chi connectivity index (χ2v) is 2.74. The van der Waals surface area contributed by atoms with E-state index in [9.17, 15) is 18.4 Å². The molecule has 0 aromatic rings. The maximum Gasteiger partial charge on any atom is 0.397 e. The van der Waals surface area contributed by atoms with Gasteiger partial charge in [-0.3, -0.25) is 4.79 Å². The van der Waals surface area contributed by atoms with E-state index in [2.05, 4.69) is 4.74 Å². The van der Waals surface area contributed by atoms with Crippen molar-refractivity contribution < 1.29 is 23.1 Å². The molecule has 1 heterocycles. The van der Waals surface area contributed by atoms with Crippen molar-refractivity contribution in [1.82, 2.24) is 4.90 Å². The van der Waals surface area contributed by atoms with E-state index < -0.39 is 30.9 Å². The summed E-state index contributed by atoms with van der Waals surface area (Å²) in [5.41, 5.74) is 0. The van der Waals surface area contributed by atoms with Crippen LogP contribution in [0.15, 0.2) is 0 Å². The Morgan fingerprint density at radius 2 is 2.00 bits per heavy atom. The second kappa shape index (κ2) is 3.27. The van der Waals surface area contributed by atoms with E-state index in [-0.39, 0.29) is 6.61 Å². The lowest BCUT2D eigenvalue weighted by atomic mass is 10.1. The summed E-state index contributed by atoms with van der Waals surface area (Å²) in [6, 6.07) is 0. The van der Waals surface area contributed by atoms with Crippen LogP contribution < -0.4 is 0 Å². The number of nitrogens with zero attached hydrogens (tertiary/aromatic N) is 1. The molecule has 6 heteroatoms. The number of hydrogen-bond donors (Lipinski definition) is 0. The number of amides is 1. The van der Waals surface area contributed by atoms with Crippen molar-refractivity contribution in [3.05, 3.63) is 0 Å². The quantitative estimate of drug-likeness (QED) is 0.436. The van der Waals surface area contributed by atoms with E-state index in [1.54, 1.807) is 0 Å². The second-order valence-electron chi connectivity index (χ2n) is 2.74. The first kappa shape index (κ1) is 9.88. The Hall–Kier alpha value is -1.20. The number of hydrogen-bond acceptors (Lipinski definition) is 3. The monoisotopic (exact) mass is 193 g/mol. The van der Waals surface area contributed by atoms with Crippen LogP contribution in [0.1, 0.15) is 6.92 Å². The summed E-state index contributed by atoms with van der Waals surface area (Å²) < 4.78 is 28.9. The summed E-state index contributed by atoms with van der Waals surface area (Å²) in [7, 11) is 0. The van der Waals surface area contributed by atoms with E-state index in [4.69, 9.17) is 0 Å². The van der Waals surface area contributed by atoms with Gasteiger partial charge in [0.15, 0.2) is 0 Å². The molecule has 1 aliphatic heterocycles. The van der Waals surface area contributed by atoms with Gasteiger partial charge >= 0.3 is 11.9 Å². The third-order valence-electron chi connectivity index (χ3n) is 1.58. The Labute approximate surface area is 73.5 Å². The maximum atomic E-state index is 12.3. The highest BCUT2D eigenvalue weighted by Crippen LogP contribution is 2.26. The number of carbonyl (C=O) groups excluding carboxylic acids is 2. The Morgan fingerprint density at radius 3 is 2.38 bits per heavy atom. The molecule has 0 aromatic heterocycles. The molecule has 13 heavy (non-hydrogen) atoms. The number of rotatable bonds is 1. The number of esters is 1. The molecule has 0 aromatic carbocycles. The van der Waals surface area contributed by atoms with Crippen LogP contribution in [0.4, 0.5) is 8.78 Å². The molecule has 1 saturated heterocycles. The van der Waals surface area contributed by atoms with Crippen LogP contribution in [0.2, 0.25) is 0 Å². The first-order valence-corrected chi connectivity index (χ1v) is 3.80. The fourth-order valence-corrected chi connectivity index (χ4v) is 0.978. The highest BCUT2D eigenvalue weighted by Gasteiger charge is 2.48. The van der Waals surface area contributed by atoms with E-state index in [0.717, 1.165) is 4.90 Å². The van der Waals surface area contributed by atoms with E-state index in [1.165, 1.54) is 6.92 Å². The van der Waals surface area contributed by atoms with Crippen molar-refractivity contribution in [2.75, 3.05) is 19.7 Å². The van der Waals surface area contributed by atoms with Crippen molar-refractivity contribution in [3.8, 4) is 0 Å². The van der Waals surface area contributed by atoms with Gasteiger partial charge in [0.05, 0.1) is 19.7 Å². The average molecular weight is 193 g/mol. The summed E-state index contributed by atoms with van der Waals surface area (Å²) in [6.07, 6.45) is 0. The summed E-state index contributed by atoms with van der Waals surface area (Å²) in [4.78, 5) is 22.4. The first-order valence-electron chi connectivity index (χ1n) is 3.80. The normalized spacial score (nSPS) is 19.2. The molecule has 0 aliphatic carbocycles. The van der Waals surface area contributed by atoms with Crippen LogP contribution in [0.3, 0.4) is 0 Å². The fourth-order valence-electron chi connectivity index (χ4n) is 0.978. The van der Waals surface area contributed by atoms with Crippen LogP contribution in [-0.4, -0.2) is 42.4 Å². The number of alkyl halides is 2. The molecule has 1 amide bonds. The zero-order valence-corrected chi connectivity index (χ0v) is 7.05. The van der Waals surface area contributed by atoms with Gasteiger partial charge in [-0.25, -0.2) is 13.6 Å². The highest BCUT2D eigenvalue weighted by molar-refractivity contribution is 6.32. The van der Waals surface area contributed by atoms with Crippen molar-refractivity contribution >= 4 is 11.9 Å². The van der Waals surface area contributed by atoms with Crippen molar-refractivity contribution in [1.29, 1.82) is 0 Å². The predicted molar refractivity (Wildman–Crippen MR) is 38.2 cm³/mol. The number of likely N-dealkylation sites (tertiary alicyclic amines) is 1. The average Bonchev–Trinajstić information content (AvgIpc) is 1.99. The van der Waals surface area contributed by atoms with Gasteiger partial charge in [-0.15, -0.1) is 0 Å². The minimum absolute atomic E-state index is 0.0643. The standard InChI is InChI=1S/C7H9F2NO3/c1-2-13-6(12)5(11)10-3-7(8,9)4-10/h2-4H2,1H3. The lowest BCUT2D eigenvalue weighted by molar-refractivity contribution is -0.178. The van der Waals surface area contributed by atoms with Gasteiger partial charge in [-0.05, 0) is 6.92 Å². The molecule has 0 N–H and O–H groups in total. The third kappa shape index (κ3) is 2.13. The van der Waals surface area contributed by atoms with Crippen LogP contribution in [-0.2, 0) is 14.3 Å². The SMILES string of the molecule is CCOC(=O)C(=O)N1CC(F)(F)C1. The zero-order chi connectivity index (χ0) is 10.1. The molecule has 0 unspecified atom stereocenters. The van der Waals surface area contributed by atoms with E-state index in [0.29, 0.717) is 0 Å². The van der Waals surface area contributed by atoms with Crippen molar-refractivity contribution in [2.45, 2.75) is 12.8 Å². The molecular weight excluding hydrogens is 184 g/mol. The molecule has 0 atom stereocenters. The topological polar surface area (TPSA) is 46.6 Å². The predicted octanol–water partition coefficient (Wildman–Crippen LogP) is 0.0270. The maximum absolute atomic E-state index is 12.3. The number of ether oxygens (including phenoxy) is 1. The lowest BCUT2D eigenvalue weighted by Gasteiger charge is -2.37. The van der Waals surface area contributed by atoms with Gasteiger partial charge in [0.1, 0.15) is 0 Å². The molecular formula is C7H9F2NO3. The molecule has 1 fully saturated rings. The zero-order valence-electron chi connectivity index (χ0n) is 7.05. The third-order valence-corrected chi connectivity index (χ3v) is 1.58. The summed E-state index contributed by atoms with van der Waals surface area (Å²) in [6.45, 7) is 0.222. The molecule has 1 aliphatic rings. The summed E-state index contributed by atoms with van der Waals surface area (Å²) in [5, 5.41) is 0. The van der Waals surface area contributed by atoms with Gasteiger partial charge in [-0.2, -0.15) is 0 Å². The molecule has 1 rings (SSSR count). The van der Waals surface area contributed by atoms with Crippen LogP contribution in [0.25, 0.3) is 0 Å². The Balaban J connectivity index is 2.39. The van der Waals surface area contributed by atoms with Crippen molar-refractivity contribution in [3.63, 3.8) is 0 Å². The molecule has 0 radical (unpaired) electrons. The van der Waals surface area contributed by atoms with Crippen LogP contribution in [0, 0.1) is 0 Å². The number of halogens is 2.